The van der Waals surface area contributed by atoms with E-state index in [-0.39, 0.29) is 0 Å². The summed E-state index contributed by atoms with van der Waals surface area (Å²) in [6.07, 6.45) is 3.36. The predicted octanol–water partition coefficient (Wildman–Crippen LogP) is 4.37. The highest BCUT2D eigenvalue weighted by atomic mass is 16.1. The minimum atomic E-state index is -0.391. The normalized spacial score (nSPS) is 16.4. The van der Waals surface area contributed by atoms with Gasteiger partial charge in [-0.25, -0.2) is 0 Å². The molecule has 1 unspecified atom stereocenters. The zero-order valence-electron chi connectivity index (χ0n) is 14.4. The number of fused-ring (bicyclic) bond motifs is 1. The van der Waals surface area contributed by atoms with Gasteiger partial charge in [-0.15, -0.1) is 0 Å². The number of aromatic nitrogens is 1. The summed E-state index contributed by atoms with van der Waals surface area (Å²) in [5.74, 6) is 0.321. The maximum atomic E-state index is 11.6. The van der Waals surface area contributed by atoms with Gasteiger partial charge in [0, 0.05) is 16.9 Å². The molecule has 1 heterocycles. The van der Waals surface area contributed by atoms with Gasteiger partial charge >= 0.3 is 0 Å². The Kier molecular flexibility index (Phi) is 3.92. The van der Waals surface area contributed by atoms with E-state index in [4.69, 9.17) is 5.73 Å². The molecule has 1 amide bonds. The van der Waals surface area contributed by atoms with Crippen molar-refractivity contribution < 1.29 is 4.79 Å². The van der Waals surface area contributed by atoms with Crippen molar-refractivity contribution in [2.45, 2.75) is 26.2 Å². The first-order chi connectivity index (χ1) is 12.1. The maximum Gasteiger partial charge on any atom is 0.248 e. The largest absolute Gasteiger partial charge is 0.366 e. The van der Waals surface area contributed by atoms with E-state index in [1.165, 1.54) is 28.9 Å². The third-order valence-electron chi connectivity index (χ3n) is 5.09. The standard InChI is InChI=1S/C22H22N2O/c1-15-10-11-20-18(12-15)14-21(16-6-3-2-4-7-16)24(20)19-9-5-8-17(13-19)22(23)25/h2-9,13-15H,10-12H2,1H3,(H2,23,25). The number of benzene rings is 2. The van der Waals surface area contributed by atoms with Crippen LogP contribution in [0.15, 0.2) is 60.7 Å². The van der Waals surface area contributed by atoms with E-state index < -0.39 is 5.91 Å². The van der Waals surface area contributed by atoms with Crippen LogP contribution >= 0.6 is 0 Å². The third kappa shape index (κ3) is 2.86. The zero-order valence-corrected chi connectivity index (χ0v) is 14.4. The molecule has 2 aromatic carbocycles. The van der Waals surface area contributed by atoms with Crippen molar-refractivity contribution in [3.63, 3.8) is 0 Å². The molecule has 126 valence electrons. The molecule has 2 N–H and O–H groups in total. The summed E-state index contributed by atoms with van der Waals surface area (Å²) in [4.78, 5) is 11.6. The van der Waals surface area contributed by atoms with Gasteiger partial charge in [0.1, 0.15) is 0 Å². The number of primary amides is 1. The lowest BCUT2D eigenvalue weighted by Gasteiger charge is -2.21. The number of rotatable bonds is 3. The quantitative estimate of drug-likeness (QED) is 0.762. The molecule has 3 nitrogen and oxygen atoms in total. The van der Waals surface area contributed by atoms with Crippen molar-refractivity contribution >= 4 is 5.91 Å². The molecule has 3 heteroatoms. The van der Waals surface area contributed by atoms with Crippen LogP contribution in [0.25, 0.3) is 16.9 Å². The molecule has 0 bridgehead atoms. The summed E-state index contributed by atoms with van der Waals surface area (Å²) in [5, 5.41) is 0. The second-order valence-corrected chi connectivity index (χ2v) is 6.97. The van der Waals surface area contributed by atoms with Crippen molar-refractivity contribution in [2.75, 3.05) is 0 Å². The van der Waals surface area contributed by atoms with Gasteiger partial charge in [-0.05, 0) is 60.6 Å². The second kappa shape index (κ2) is 6.25. The van der Waals surface area contributed by atoms with Crippen LogP contribution in [-0.4, -0.2) is 10.5 Å². The average Bonchev–Trinajstić information content (AvgIpc) is 3.01. The van der Waals surface area contributed by atoms with E-state index in [0.717, 1.165) is 18.5 Å². The summed E-state index contributed by atoms with van der Waals surface area (Å²) < 4.78 is 2.31. The highest BCUT2D eigenvalue weighted by molar-refractivity contribution is 5.93. The van der Waals surface area contributed by atoms with Gasteiger partial charge < -0.3 is 10.3 Å². The molecule has 0 spiro atoms. The summed E-state index contributed by atoms with van der Waals surface area (Å²) in [7, 11) is 0. The summed E-state index contributed by atoms with van der Waals surface area (Å²) in [6.45, 7) is 2.32. The maximum absolute atomic E-state index is 11.6. The Morgan fingerprint density at radius 3 is 2.64 bits per heavy atom. The minimum Gasteiger partial charge on any atom is -0.366 e. The molecule has 1 aliphatic carbocycles. The molecule has 0 aliphatic heterocycles. The number of hydrogen-bond acceptors (Lipinski definition) is 1. The molecule has 4 rings (SSSR count). The average molecular weight is 330 g/mol. The van der Waals surface area contributed by atoms with Crippen LogP contribution in [0.3, 0.4) is 0 Å². The van der Waals surface area contributed by atoms with Gasteiger partial charge in [-0.1, -0.05) is 43.3 Å². The predicted molar refractivity (Wildman–Crippen MR) is 101 cm³/mol. The van der Waals surface area contributed by atoms with Gasteiger partial charge in [0.25, 0.3) is 0 Å². The Balaban J connectivity index is 1.94. The zero-order chi connectivity index (χ0) is 17.4. The van der Waals surface area contributed by atoms with Gasteiger partial charge in [0.2, 0.25) is 5.91 Å². The number of carbonyl (C=O) groups is 1. The monoisotopic (exact) mass is 330 g/mol. The second-order valence-electron chi connectivity index (χ2n) is 6.97. The number of carbonyl (C=O) groups excluding carboxylic acids is 1. The van der Waals surface area contributed by atoms with Crippen LogP contribution in [0.1, 0.15) is 35.0 Å². The first-order valence-corrected chi connectivity index (χ1v) is 8.82. The summed E-state index contributed by atoms with van der Waals surface area (Å²) >= 11 is 0. The molecule has 0 saturated heterocycles. The van der Waals surface area contributed by atoms with Crippen molar-refractivity contribution in [2.24, 2.45) is 11.7 Å². The van der Waals surface area contributed by atoms with Crippen LogP contribution in [0.4, 0.5) is 0 Å². The molecule has 0 saturated carbocycles. The minimum absolute atomic E-state index is 0.391. The molecule has 1 aromatic heterocycles. The smallest absolute Gasteiger partial charge is 0.248 e. The first-order valence-electron chi connectivity index (χ1n) is 8.82. The van der Waals surface area contributed by atoms with Crippen LogP contribution in [0.2, 0.25) is 0 Å². The molecule has 1 atom stereocenters. The van der Waals surface area contributed by atoms with E-state index in [0.29, 0.717) is 11.5 Å². The van der Waals surface area contributed by atoms with Crippen LogP contribution < -0.4 is 5.73 Å². The van der Waals surface area contributed by atoms with E-state index in [2.05, 4.69) is 47.9 Å². The first kappa shape index (κ1) is 15.7. The van der Waals surface area contributed by atoms with Gasteiger partial charge in [0.05, 0.1) is 5.69 Å². The number of amides is 1. The Labute approximate surface area is 148 Å². The van der Waals surface area contributed by atoms with Crippen LogP contribution in [-0.2, 0) is 12.8 Å². The van der Waals surface area contributed by atoms with Crippen molar-refractivity contribution in [1.82, 2.24) is 4.57 Å². The van der Waals surface area contributed by atoms with Gasteiger partial charge in [0.15, 0.2) is 0 Å². The SMILES string of the molecule is CC1CCc2c(cc(-c3ccccc3)n2-c2cccc(C(N)=O)c2)C1. The molecule has 0 fully saturated rings. The van der Waals surface area contributed by atoms with Crippen molar-refractivity contribution in [3.05, 3.63) is 77.5 Å². The summed E-state index contributed by atoms with van der Waals surface area (Å²) in [5.41, 5.74) is 12.2. The van der Waals surface area contributed by atoms with E-state index >= 15 is 0 Å². The lowest BCUT2D eigenvalue weighted by atomic mass is 9.89. The van der Waals surface area contributed by atoms with Gasteiger partial charge in [-0.2, -0.15) is 0 Å². The van der Waals surface area contributed by atoms with E-state index in [1.807, 2.05) is 18.2 Å². The Bertz CT molecular complexity index is 924. The third-order valence-corrected chi connectivity index (χ3v) is 5.09. The highest BCUT2D eigenvalue weighted by Crippen LogP contribution is 2.35. The Hall–Kier alpha value is -2.81. The molecule has 25 heavy (non-hydrogen) atoms. The fourth-order valence-electron chi connectivity index (χ4n) is 3.83. The molecule has 3 aromatic rings. The molecule has 0 radical (unpaired) electrons. The molecule has 1 aliphatic rings. The molecular weight excluding hydrogens is 308 g/mol. The lowest BCUT2D eigenvalue weighted by Crippen LogP contribution is -2.14. The van der Waals surface area contributed by atoms with Gasteiger partial charge in [-0.3, -0.25) is 4.79 Å². The van der Waals surface area contributed by atoms with Crippen LogP contribution in [0.5, 0.6) is 0 Å². The summed E-state index contributed by atoms with van der Waals surface area (Å²) in [6, 6.07) is 20.4. The number of nitrogens with two attached hydrogens (primary N) is 1. The Morgan fingerprint density at radius 1 is 1.08 bits per heavy atom. The topological polar surface area (TPSA) is 48.0 Å². The Morgan fingerprint density at radius 2 is 1.88 bits per heavy atom. The lowest BCUT2D eigenvalue weighted by molar-refractivity contribution is 0.100. The van der Waals surface area contributed by atoms with E-state index in [1.54, 1.807) is 6.07 Å². The highest BCUT2D eigenvalue weighted by Gasteiger charge is 2.23. The van der Waals surface area contributed by atoms with Crippen molar-refractivity contribution in [1.29, 1.82) is 0 Å². The van der Waals surface area contributed by atoms with Crippen molar-refractivity contribution in [3.8, 4) is 16.9 Å². The van der Waals surface area contributed by atoms with E-state index in [9.17, 15) is 4.79 Å². The number of nitrogens with zero attached hydrogens (tertiary/aromatic N) is 1. The molecular formula is C22H22N2O. The fraction of sp³-hybridized carbons (Fsp3) is 0.227. The fourth-order valence-corrected chi connectivity index (χ4v) is 3.83. The number of hydrogen-bond donors (Lipinski definition) is 1. The van der Waals surface area contributed by atoms with Crippen LogP contribution in [0, 0.1) is 5.92 Å².